The Morgan fingerprint density at radius 3 is 1.43 bits per heavy atom. The Hall–Kier alpha value is 0.907. The van der Waals surface area contributed by atoms with Gasteiger partial charge in [0.15, 0.2) is 0 Å². The standard InChI is InChI=1S/C3H9N.CH5ISi/c1-4(2)3;2-1-3/h1-3H3;1H2,3H3. The molecule has 0 radical (unpaired) electrons. The lowest BCUT2D eigenvalue weighted by atomic mass is 11.0. The third kappa shape index (κ3) is 202. The van der Waals surface area contributed by atoms with Crippen LogP contribution in [-0.2, 0) is 0 Å². The van der Waals surface area contributed by atoms with Crippen LogP contribution in [0.4, 0.5) is 0 Å². The van der Waals surface area contributed by atoms with E-state index in [2.05, 4.69) is 22.6 Å². The van der Waals surface area contributed by atoms with E-state index < -0.39 is 0 Å². The second-order valence-electron chi connectivity index (χ2n) is 1.61. The molecule has 0 aromatic rings. The maximum Gasteiger partial charge on any atom is 0.0151 e. The molecule has 1 nitrogen and oxygen atoms in total. The molecule has 7 heavy (non-hydrogen) atoms. The van der Waals surface area contributed by atoms with Crippen molar-refractivity contribution in [3.8, 4) is 0 Å². The van der Waals surface area contributed by atoms with Gasteiger partial charge in [0.2, 0.25) is 0 Å². The van der Waals surface area contributed by atoms with Crippen LogP contribution in [0.2, 0.25) is 0 Å². The van der Waals surface area contributed by atoms with E-state index in [-0.39, 0.29) is 0 Å². The van der Waals surface area contributed by atoms with Crippen molar-refractivity contribution < 1.29 is 0 Å². The highest BCUT2D eigenvalue weighted by atomic mass is 127. The Kier molecular flexibility index (Phi) is 15.5. The predicted molar refractivity (Wildman–Crippen MR) is 48.4 cm³/mol. The molecule has 0 aliphatic heterocycles. The van der Waals surface area contributed by atoms with E-state index in [1.165, 1.54) is 14.3 Å². The van der Waals surface area contributed by atoms with Gasteiger partial charge in [-0.05, 0) is 25.2 Å². The van der Waals surface area contributed by atoms with Gasteiger partial charge >= 0.3 is 0 Å². The molecule has 0 heterocycles. The number of rotatable bonds is 0. The Balaban J connectivity index is 0. The van der Waals surface area contributed by atoms with E-state index in [0.717, 1.165) is 0 Å². The van der Waals surface area contributed by atoms with Gasteiger partial charge in [-0.1, -0.05) is 22.6 Å². The fourth-order valence-corrected chi connectivity index (χ4v) is 0. The van der Waals surface area contributed by atoms with E-state index in [1.807, 2.05) is 26.0 Å². The minimum atomic E-state index is 1.36. The average Bonchev–Trinajstić information content (AvgIpc) is 1.33. The molecule has 0 saturated carbocycles. The van der Waals surface area contributed by atoms with Gasteiger partial charge in [0.25, 0.3) is 0 Å². The summed E-state index contributed by atoms with van der Waals surface area (Å²) in [6.45, 7) is 0. The van der Waals surface area contributed by atoms with E-state index in [4.69, 9.17) is 0 Å². The fourth-order valence-electron chi connectivity index (χ4n) is 0. The quantitative estimate of drug-likeness (QED) is 0.320. The molecule has 0 unspecified atom stereocenters. The monoisotopic (exact) mass is 231 g/mol. The van der Waals surface area contributed by atoms with Gasteiger partial charge in [-0.2, -0.15) is 0 Å². The zero-order chi connectivity index (χ0) is 6.28. The van der Waals surface area contributed by atoms with Crippen LogP contribution in [0.5, 0.6) is 0 Å². The third-order valence-electron chi connectivity index (χ3n) is 0. The third-order valence-corrected chi connectivity index (χ3v) is 0. The van der Waals surface area contributed by atoms with Crippen LogP contribution in [0.25, 0.3) is 0 Å². The molecule has 0 spiro atoms. The summed E-state index contributed by atoms with van der Waals surface area (Å²) in [6.07, 6.45) is 0. The number of nitrogens with zero attached hydrogens (tertiary/aromatic N) is 1. The normalized spacial score (nSPS) is 8.14. The van der Waals surface area contributed by atoms with E-state index in [0.29, 0.717) is 0 Å². The number of halogens is 1. The summed E-state index contributed by atoms with van der Waals surface area (Å²) in [7, 11) is 7.36. The van der Waals surface area contributed by atoms with E-state index in [1.54, 1.807) is 0 Å². The van der Waals surface area contributed by atoms with Crippen molar-refractivity contribution in [3.63, 3.8) is 0 Å². The summed E-state index contributed by atoms with van der Waals surface area (Å²) >= 11 is 2.35. The van der Waals surface area contributed by atoms with Gasteiger partial charge in [0, 0.05) is 10.2 Å². The van der Waals surface area contributed by atoms with Crippen molar-refractivity contribution in [2.24, 2.45) is 0 Å². The zero-order valence-electron chi connectivity index (χ0n) is 5.53. The van der Waals surface area contributed by atoms with Crippen molar-refractivity contribution >= 4 is 32.8 Å². The van der Waals surface area contributed by atoms with Crippen molar-refractivity contribution in [2.75, 3.05) is 25.2 Å². The predicted octanol–water partition coefficient (Wildman–Crippen LogP) is -0.0779. The van der Waals surface area contributed by atoms with Crippen LogP contribution in [0.15, 0.2) is 0 Å². The van der Waals surface area contributed by atoms with Crippen molar-refractivity contribution in [2.45, 2.75) is 0 Å². The van der Waals surface area contributed by atoms with Crippen molar-refractivity contribution in [1.82, 2.24) is 4.90 Å². The summed E-state index contributed by atoms with van der Waals surface area (Å²) in [5, 5.41) is 0. The largest absolute Gasteiger partial charge is 0.312 e. The SMILES string of the molecule is CN(C)C.[SiH3]CI. The molecule has 0 saturated heterocycles. The molecule has 0 rings (SSSR count). The smallest absolute Gasteiger partial charge is 0.0151 e. The van der Waals surface area contributed by atoms with Crippen LogP contribution in [0, 0.1) is 0 Å². The molecule has 0 aliphatic carbocycles. The number of hydrogen-bond donors (Lipinski definition) is 0. The van der Waals surface area contributed by atoms with Gasteiger partial charge in [0.05, 0.1) is 0 Å². The lowest BCUT2D eigenvalue weighted by Crippen LogP contribution is -1.99. The summed E-state index contributed by atoms with van der Waals surface area (Å²) in [5.74, 6) is 0. The first kappa shape index (κ1) is 10.8. The summed E-state index contributed by atoms with van der Waals surface area (Å²) < 4.78 is 1.36. The van der Waals surface area contributed by atoms with E-state index >= 15 is 0 Å². The Labute approximate surface area is 63.0 Å². The topological polar surface area (TPSA) is 3.24 Å². The first-order valence-electron chi connectivity index (χ1n) is 2.32. The molecule has 0 aromatic carbocycles. The van der Waals surface area contributed by atoms with Gasteiger partial charge in [-0.3, -0.25) is 0 Å². The van der Waals surface area contributed by atoms with Crippen molar-refractivity contribution in [3.05, 3.63) is 0 Å². The Morgan fingerprint density at radius 2 is 1.43 bits per heavy atom. The Morgan fingerprint density at radius 1 is 1.43 bits per heavy atom. The Bertz CT molecular complexity index is 22.9. The molecular formula is C4H14INSi. The second-order valence-corrected chi connectivity index (χ2v) is 6.72. The lowest BCUT2D eigenvalue weighted by Gasteiger charge is -1.90. The number of alkyl halides is 1. The van der Waals surface area contributed by atoms with Crippen LogP contribution in [-0.4, -0.2) is 40.3 Å². The number of hydrogen-bond acceptors (Lipinski definition) is 1. The average molecular weight is 231 g/mol. The molecule has 0 fully saturated rings. The van der Waals surface area contributed by atoms with Gasteiger partial charge < -0.3 is 4.90 Å². The zero-order valence-corrected chi connectivity index (χ0v) is 9.69. The first-order valence-corrected chi connectivity index (χ1v) is 5.26. The maximum atomic E-state index is 2.35. The maximum absolute atomic E-state index is 2.35. The van der Waals surface area contributed by atoms with Crippen molar-refractivity contribution in [1.29, 1.82) is 0 Å². The molecule has 0 bridgehead atoms. The highest BCUT2D eigenvalue weighted by molar-refractivity contribution is 14.1. The van der Waals surface area contributed by atoms with Crippen LogP contribution >= 0.6 is 22.6 Å². The highest BCUT2D eigenvalue weighted by Gasteiger charge is 1.58. The van der Waals surface area contributed by atoms with Gasteiger partial charge in [-0.25, -0.2) is 0 Å². The molecular weight excluding hydrogens is 217 g/mol. The van der Waals surface area contributed by atoms with Crippen LogP contribution in [0.1, 0.15) is 0 Å². The molecule has 0 atom stereocenters. The van der Waals surface area contributed by atoms with E-state index in [9.17, 15) is 0 Å². The first-order chi connectivity index (χ1) is 3.15. The lowest BCUT2D eigenvalue weighted by molar-refractivity contribution is 0.505. The minimum Gasteiger partial charge on any atom is -0.312 e. The second kappa shape index (κ2) is 10.0. The summed E-state index contributed by atoms with van der Waals surface area (Å²) in [5.41, 5.74) is 0. The summed E-state index contributed by atoms with van der Waals surface area (Å²) in [4.78, 5) is 2.00. The van der Waals surface area contributed by atoms with Crippen LogP contribution < -0.4 is 0 Å². The van der Waals surface area contributed by atoms with Crippen LogP contribution in [0.3, 0.4) is 0 Å². The molecule has 0 aromatic heterocycles. The fraction of sp³-hybridized carbons (Fsp3) is 1.00. The highest BCUT2D eigenvalue weighted by Crippen LogP contribution is 1.63. The minimum absolute atomic E-state index is 1.36. The molecule has 3 heteroatoms. The molecule has 0 aliphatic rings. The van der Waals surface area contributed by atoms with Gasteiger partial charge in [-0.15, -0.1) is 0 Å². The van der Waals surface area contributed by atoms with Gasteiger partial charge in [0.1, 0.15) is 0 Å². The molecule has 0 amide bonds. The summed E-state index contributed by atoms with van der Waals surface area (Å²) in [6, 6.07) is 0. The molecule has 0 N–H and O–H groups in total. The molecule has 46 valence electrons.